The number of rotatable bonds is 7. The number of carbonyl (C=O) groups excluding carboxylic acids is 1. The van der Waals surface area contributed by atoms with Crippen molar-refractivity contribution in [2.24, 2.45) is 5.73 Å². The van der Waals surface area contributed by atoms with Crippen molar-refractivity contribution in [1.82, 2.24) is 0 Å². The van der Waals surface area contributed by atoms with Gasteiger partial charge in [-0.15, -0.1) is 0 Å². The number of piperidine rings is 1. The Morgan fingerprint density at radius 3 is 2.15 bits per heavy atom. The Kier molecular flexibility index (Phi) is 6.99. The fourth-order valence-corrected chi connectivity index (χ4v) is 4.92. The molecule has 0 saturated carbocycles. The fourth-order valence-electron chi connectivity index (χ4n) is 4.75. The summed E-state index contributed by atoms with van der Waals surface area (Å²) in [5.74, 6) is -2.51. The molecule has 6 heteroatoms. The first-order valence-electron chi connectivity index (χ1n) is 11.2. The smallest absolute Gasteiger partial charge is 0.335 e. The summed E-state index contributed by atoms with van der Waals surface area (Å²) in [6.07, 6.45) is 3.42. The van der Waals surface area contributed by atoms with Crippen LogP contribution in [0.15, 0.2) is 72.8 Å². The van der Waals surface area contributed by atoms with Gasteiger partial charge in [0.05, 0.1) is 11.5 Å². The summed E-state index contributed by atoms with van der Waals surface area (Å²) in [6.45, 7) is 1.87. The zero-order valence-corrected chi connectivity index (χ0v) is 19.0. The molecule has 2 unspecified atom stereocenters. The fraction of sp³-hybridized carbons (Fsp3) is 0.259. The minimum Gasteiger partial charge on any atom is -0.478 e. The van der Waals surface area contributed by atoms with Gasteiger partial charge in [0.2, 0.25) is 5.91 Å². The number of nitrogens with zero attached hydrogens (tertiary/aromatic N) is 1. The maximum absolute atomic E-state index is 12.9. The van der Waals surface area contributed by atoms with Crippen molar-refractivity contribution < 1.29 is 14.7 Å². The van der Waals surface area contributed by atoms with E-state index in [1.165, 1.54) is 18.6 Å². The summed E-state index contributed by atoms with van der Waals surface area (Å²) in [4.78, 5) is 26.6. The van der Waals surface area contributed by atoms with Crippen molar-refractivity contribution in [3.05, 3.63) is 100 Å². The van der Waals surface area contributed by atoms with E-state index >= 15 is 0 Å². The number of primary amides is 1. The van der Waals surface area contributed by atoms with Crippen LogP contribution in [0.2, 0.25) is 5.02 Å². The highest BCUT2D eigenvalue weighted by molar-refractivity contribution is 6.30. The highest BCUT2D eigenvalue weighted by Crippen LogP contribution is 2.43. The molecule has 3 N–H and O–H groups in total. The highest BCUT2D eigenvalue weighted by Gasteiger charge is 2.33. The van der Waals surface area contributed by atoms with Crippen LogP contribution < -0.4 is 10.6 Å². The SMILES string of the molecule is NC(=O)C(c1ccc(C(=O)O)cc1)C(c1ccccc1)c1ccc(Cl)cc1N1CCCCC1. The number of carboxylic acid groups (broad SMARTS) is 1. The molecular formula is C27H27ClN2O3. The van der Waals surface area contributed by atoms with E-state index in [4.69, 9.17) is 17.3 Å². The van der Waals surface area contributed by atoms with Gasteiger partial charge in [0.25, 0.3) is 0 Å². The molecule has 0 spiro atoms. The topological polar surface area (TPSA) is 83.6 Å². The number of anilines is 1. The highest BCUT2D eigenvalue weighted by atomic mass is 35.5. The van der Waals surface area contributed by atoms with E-state index in [2.05, 4.69) is 4.90 Å². The van der Waals surface area contributed by atoms with Crippen molar-refractivity contribution in [3.8, 4) is 0 Å². The third-order valence-corrected chi connectivity index (χ3v) is 6.57. The Hall–Kier alpha value is -3.31. The third-order valence-electron chi connectivity index (χ3n) is 6.34. The largest absolute Gasteiger partial charge is 0.478 e. The molecule has 0 aliphatic carbocycles. The van der Waals surface area contributed by atoms with Crippen LogP contribution in [-0.2, 0) is 4.79 Å². The predicted molar refractivity (Wildman–Crippen MR) is 131 cm³/mol. The molecule has 1 amide bonds. The van der Waals surface area contributed by atoms with Gasteiger partial charge < -0.3 is 15.7 Å². The lowest BCUT2D eigenvalue weighted by molar-refractivity contribution is -0.119. The molecular weight excluding hydrogens is 436 g/mol. The summed E-state index contributed by atoms with van der Waals surface area (Å²) < 4.78 is 0. The van der Waals surface area contributed by atoms with Gasteiger partial charge in [0.15, 0.2) is 0 Å². The molecule has 1 aliphatic heterocycles. The van der Waals surface area contributed by atoms with Crippen LogP contribution in [-0.4, -0.2) is 30.1 Å². The first-order valence-corrected chi connectivity index (χ1v) is 11.6. The second-order valence-electron chi connectivity index (χ2n) is 8.45. The maximum atomic E-state index is 12.9. The molecule has 3 aromatic carbocycles. The Labute approximate surface area is 198 Å². The molecule has 170 valence electrons. The monoisotopic (exact) mass is 462 g/mol. The van der Waals surface area contributed by atoms with Crippen molar-refractivity contribution in [2.45, 2.75) is 31.1 Å². The molecule has 1 fully saturated rings. The molecule has 2 atom stereocenters. The molecule has 1 aliphatic rings. The molecule has 4 rings (SSSR count). The number of nitrogens with two attached hydrogens (primary N) is 1. The average Bonchev–Trinajstić information content (AvgIpc) is 2.83. The quantitative estimate of drug-likeness (QED) is 0.490. The van der Waals surface area contributed by atoms with E-state index in [1.807, 2.05) is 48.5 Å². The van der Waals surface area contributed by atoms with Crippen LogP contribution in [0.3, 0.4) is 0 Å². The summed E-state index contributed by atoms with van der Waals surface area (Å²) in [5, 5.41) is 9.93. The second-order valence-corrected chi connectivity index (χ2v) is 8.88. The van der Waals surface area contributed by atoms with Crippen LogP contribution in [0.4, 0.5) is 5.69 Å². The van der Waals surface area contributed by atoms with Crippen LogP contribution in [0.1, 0.15) is 58.1 Å². The van der Waals surface area contributed by atoms with Gasteiger partial charge >= 0.3 is 5.97 Å². The Morgan fingerprint density at radius 1 is 0.879 bits per heavy atom. The minimum atomic E-state index is -1.01. The molecule has 0 radical (unpaired) electrons. The average molecular weight is 463 g/mol. The molecule has 1 heterocycles. The van der Waals surface area contributed by atoms with Crippen LogP contribution in [0, 0.1) is 0 Å². The minimum absolute atomic E-state index is 0.165. The van der Waals surface area contributed by atoms with Crippen LogP contribution >= 0.6 is 11.6 Å². The predicted octanol–water partition coefficient (Wildman–Crippen LogP) is 5.43. The number of benzene rings is 3. The van der Waals surface area contributed by atoms with Crippen molar-refractivity contribution in [2.75, 3.05) is 18.0 Å². The first-order chi connectivity index (χ1) is 16.0. The van der Waals surface area contributed by atoms with E-state index < -0.39 is 17.8 Å². The van der Waals surface area contributed by atoms with Gasteiger partial charge in [-0.05, 0) is 60.2 Å². The number of hydrogen-bond acceptors (Lipinski definition) is 3. The van der Waals surface area contributed by atoms with Crippen LogP contribution in [0.25, 0.3) is 0 Å². The Balaban J connectivity index is 1.88. The number of carbonyl (C=O) groups is 2. The summed E-state index contributed by atoms with van der Waals surface area (Å²) in [7, 11) is 0. The number of carboxylic acids is 1. The standard InChI is InChI=1S/C27H27ClN2O3/c28-21-13-14-22(23(17-21)30-15-5-2-6-16-30)24(18-7-3-1-4-8-18)25(26(29)31)19-9-11-20(12-10-19)27(32)33/h1,3-4,7-14,17,24-25H,2,5-6,15-16H2,(H2,29,31)(H,32,33). The molecule has 33 heavy (non-hydrogen) atoms. The number of halogens is 1. The zero-order valence-electron chi connectivity index (χ0n) is 18.3. The van der Waals surface area contributed by atoms with Gasteiger partial charge in [-0.3, -0.25) is 4.79 Å². The summed E-state index contributed by atoms with van der Waals surface area (Å²) >= 11 is 6.42. The Bertz CT molecular complexity index is 1130. The van der Waals surface area contributed by atoms with Crippen LogP contribution in [0.5, 0.6) is 0 Å². The first kappa shape index (κ1) is 22.9. The van der Waals surface area contributed by atoms with Gasteiger partial charge in [-0.1, -0.05) is 60.1 Å². The summed E-state index contributed by atoms with van der Waals surface area (Å²) in [6, 6.07) is 22.1. The lowest BCUT2D eigenvalue weighted by Gasteiger charge is -2.35. The number of aromatic carboxylic acids is 1. The van der Waals surface area contributed by atoms with E-state index in [-0.39, 0.29) is 11.5 Å². The second kappa shape index (κ2) is 10.1. The summed E-state index contributed by atoms with van der Waals surface area (Å²) in [5.41, 5.74) is 9.82. The molecule has 0 aromatic heterocycles. The lowest BCUT2D eigenvalue weighted by Crippen LogP contribution is -2.33. The van der Waals surface area contributed by atoms with Crippen molar-refractivity contribution in [1.29, 1.82) is 0 Å². The Morgan fingerprint density at radius 2 is 1.55 bits per heavy atom. The maximum Gasteiger partial charge on any atom is 0.335 e. The van der Waals surface area contributed by atoms with Gasteiger partial charge in [0.1, 0.15) is 0 Å². The lowest BCUT2D eigenvalue weighted by atomic mass is 9.76. The number of hydrogen-bond donors (Lipinski definition) is 2. The third kappa shape index (κ3) is 5.04. The van der Waals surface area contributed by atoms with Gasteiger partial charge in [-0.2, -0.15) is 0 Å². The molecule has 5 nitrogen and oxygen atoms in total. The van der Waals surface area contributed by atoms with Crippen molar-refractivity contribution in [3.63, 3.8) is 0 Å². The van der Waals surface area contributed by atoms with Gasteiger partial charge in [0, 0.05) is 29.7 Å². The van der Waals surface area contributed by atoms with E-state index in [9.17, 15) is 14.7 Å². The van der Waals surface area contributed by atoms with E-state index in [0.717, 1.165) is 42.7 Å². The molecule has 3 aromatic rings. The van der Waals surface area contributed by atoms with E-state index in [1.54, 1.807) is 12.1 Å². The zero-order chi connectivity index (χ0) is 23.4. The number of amides is 1. The van der Waals surface area contributed by atoms with E-state index in [0.29, 0.717) is 10.6 Å². The van der Waals surface area contributed by atoms with Gasteiger partial charge in [-0.25, -0.2) is 4.79 Å². The van der Waals surface area contributed by atoms with Crippen molar-refractivity contribution >= 4 is 29.2 Å². The molecule has 0 bridgehead atoms. The molecule has 1 saturated heterocycles. The normalized spacial score (nSPS) is 15.6.